The van der Waals surface area contributed by atoms with Crippen LogP contribution in [0.5, 0.6) is 11.5 Å². The summed E-state index contributed by atoms with van der Waals surface area (Å²) in [5, 5.41) is 0. The number of carbonyl (C=O) groups excluding carboxylic acids is 1. The van der Waals surface area contributed by atoms with E-state index >= 15 is 0 Å². The molecule has 2 aromatic rings. The lowest BCUT2D eigenvalue weighted by molar-refractivity contribution is 0.0980. The smallest absolute Gasteiger partial charge is 0.258 e. The van der Waals surface area contributed by atoms with E-state index in [1.54, 1.807) is 7.11 Å². The van der Waals surface area contributed by atoms with E-state index in [2.05, 4.69) is 6.07 Å². The zero-order valence-corrected chi connectivity index (χ0v) is 12.5. The summed E-state index contributed by atoms with van der Waals surface area (Å²) in [5.41, 5.74) is 3.97. The Kier molecular flexibility index (Phi) is 3.03. The average Bonchev–Trinajstić information content (AvgIpc) is 3.02. The molecular formula is C18H17NO3. The lowest BCUT2D eigenvalue weighted by Gasteiger charge is -2.29. The molecule has 0 N–H and O–H groups in total. The van der Waals surface area contributed by atoms with Crippen LogP contribution < -0.4 is 14.4 Å². The molecule has 2 heterocycles. The maximum atomic E-state index is 12.8. The summed E-state index contributed by atoms with van der Waals surface area (Å²) < 4.78 is 10.8. The van der Waals surface area contributed by atoms with Gasteiger partial charge in [-0.25, -0.2) is 0 Å². The van der Waals surface area contributed by atoms with Crippen LogP contribution in [0.3, 0.4) is 0 Å². The van der Waals surface area contributed by atoms with Gasteiger partial charge in [-0.05, 0) is 53.9 Å². The predicted octanol–water partition coefficient (Wildman–Crippen LogP) is 2.83. The number of ether oxygens (including phenoxy) is 2. The van der Waals surface area contributed by atoms with Crippen molar-refractivity contribution in [3.8, 4) is 11.5 Å². The average molecular weight is 295 g/mol. The Labute approximate surface area is 129 Å². The van der Waals surface area contributed by atoms with Crippen LogP contribution in [0.2, 0.25) is 0 Å². The number of rotatable bonds is 2. The molecular weight excluding hydrogens is 278 g/mol. The first kappa shape index (κ1) is 13.2. The summed E-state index contributed by atoms with van der Waals surface area (Å²) >= 11 is 0. The first-order valence-electron chi connectivity index (χ1n) is 7.51. The van der Waals surface area contributed by atoms with Crippen molar-refractivity contribution in [2.24, 2.45) is 0 Å². The molecule has 0 unspecified atom stereocenters. The van der Waals surface area contributed by atoms with Crippen molar-refractivity contribution >= 4 is 11.6 Å². The van der Waals surface area contributed by atoms with E-state index < -0.39 is 0 Å². The van der Waals surface area contributed by atoms with E-state index in [4.69, 9.17) is 9.47 Å². The van der Waals surface area contributed by atoms with Crippen LogP contribution in [0.25, 0.3) is 0 Å². The Morgan fingerprint density at radius 1 is 1.09 bits per heavy atom. The zero-order valence-electron chi connectivity index (χ0n) is 12.5. The monoisotopic (exact) mass is 295 g/mol. The third-order valence-corrected chi connectivity index (χ3v) is 4.38. The fraction of sp³-hybridized carbons (Fsp3) is 0.278. The molecule has 22 heavy (non-hydrogen) atoms. The summed E-state index contributed by atoms with van der Waals surface area (Å²) in [6.07, 6.45) is 1.75. The minimum atomic E-state index is 0.0581. The van der Waals surface area contributed by atoms with Crippen LogP contribution in [0.4, 0.5) is 5.69 Å². The first-order valence-corrected chi connectivity index (χ1v) is 7.51. The van der Waals surface area contributed by atoms with E-state index in [-0.39, 0.29) is 5.91 Å². The van der Waals surface area contributed by atoms with Crippen molar-refractivity contribution in [2.45, 2.75) is 12.8 Å². The standard InChI is InChI=1S/C18H17NO3/c1-21-15-3-4-16-12(11-15)6-8-19(18(16)20)14-2-5-17-13(10-14)7-9-22-17/h2-5,10-11H,6-9H2,1H3. The SMILES string of the molecule is COc1ccc2c(c1)CCN(c1ccc3c(c1)CCO3)C2=O. The second-order valence-electron chi connectivity index (χ2n) is 5.62. The predicted molar refractivity (Wildman–Crippen MR) is 84.0 cm³/mol. The fourth-order valence-corrected chi connectivity index (χ4v) is 3.18. The van der Waals surface area contributed by atoms with E-state index in [1.807, 2.05) is 35.2 Å². The van der Waals surface area contributed by atoms with Crippen LogP contribution >= 0.6 is 0 Å². The van der Waals surface area contributed by atoms with Gasteiger partial charge in [-0.3, -0.25) is 4.79 Å². The van der Waals surface area contributed by atoms with Gasteiger partial charge in [0.1, 0.15) is 11.5 Å². The van der Waals surface area contributed by atoms with E-state index in [9.17, 15) is 4.79 Å². The number of benzene rings is 2. The van der Waals surface area contributed by atoms with Gasteiger partial charge in [0.05, 0.1) is 13.7 Å². The second-order valence-corrected chi connectivity index (χ2v) is 5.62. The minimum Gasteiger partial charge on any atom is -0.497 e. The highest BCUT2D eigenvalue weighted by molar-refractivity contribution is 6.08. The number of methoxy groups -OCH3 is 1. The fourth-order valence-electron chi connectivity index (χ4n) is 3.18. The van der Waals surface area contributed by atoms with Gasteiger partial charge >= 0.3 is 0 Å². The summed E-state index contributed by atoms with van der Waals surface area (Å²) in [6.45, 7) is 1.42. The van der Waals surface area contributed by atoms with Crippen LogP contribution in [-0.4, -0.2) is 26.2 Å². The van der Waals surface area contributed by atoms with Gasteiger partial charge < -0.3 is 14.4 Å². The Morgan fingerprint density at radius 3 is 2.86 bits per heavy atom. The molecule has 0 atom stereocenters. The van der Waals surface area contributed by atoms with E-state index in [1.165, 1.54) is 5.56 Å². The van der Waals surface area contributed by atoms with Crippen LogP contribution in [0, 0.1) is 0 Å². The van der Waals surface area contributed by atoms with Crippen molar-refractivity contribution in [1.29, 1.82) is 0 Å². The van der Waals surface area contributed by atoms with Gasteiger partial charge in [-0.2, -0.15) is 0 Å². The lowest BCUT2D eigenvalue weighted by atomic mass is 9.98. The van der Waals surface area contributed by atoms with Gasteiger partial charge in [-0.1, -0.05) is 0 Å². The topological polar surface area (TPSA) is 38.8 Å². The highest BCUT2D eigenvalue weighted by Gasteiger charge is 2.26. The maximum absolute atomic E-state index is 12.8. The van der Waals surface area contributed by atoms with Crippen LogP contribution in [0.1, 0.15) is 21.5 Å². The third-order valence-electron chi connectivity index (χ3n) is 4.38. The molecule has 0 fully saturated rings. The van der Waals surface area contributed by atoms with Gasteiger partial charge in [0, 0.05) is 24.2 Å². The Bertz CT molecular complexity index is 754. The molecule has 2 aliphatic rings. The number of fused-ring (bicyclic) bond motifs is 2. The Balaban J connectivity index is 1.68. The van der Waals surface area contributed by atoms with Crippen molar-refractivity contribution in [2.75, 3.05) is 25.2 Å². The van der Waals surface area contributed by atoms with Gasteiger partial charge in [0.2, 0.25) is 0 Å². The number of anilines is 1. The van der Waals surface area contributed by atoms with E-state index in [0.717, 1.165) is 47.8 Å². The lowest BCUT2D eigenvalue weighted by Crippen LogP contribution is -2.37. The summed E-state index contributed by atoms with van der Waals surface area (Å²) in [6, 6.07) is 11.7. The third kappa shape index (κ3) is 2.03. The molecule has 112 valence electrons. The summed E-state index contributed by atoms with van der Waals surface area (Å²) in [7, 11) is 1.64. The highest BCUT2D eigenvalue weighted by atomic mass is 16.5. The largest absolute Gasteiger partial charge is 0.497 e. The Morgan fingerprint density at radius 2 is 2.00 bits per heavy atom. The minimum absolute atomic E-state index is 0.0581. The zero-order chi connectivity index (χ0) is 15.1. The highest BCUT2D eigenvalue weighted by Crippen LogP contribution is 2.32. The van der Waals surface area contributed by atoms with Crippen molar-refractivity contribution in [3.05, 3.63) is 53.1 Å². The normalized spacial score (nSPS) is 16.0. The molecule has 2 aromatic carbocycles. The number of carbonyl (C=O) groups is 1. The molecule has 0 spiro atoms. The quantitative estimate of drug-likeness (QED) is 0.855. The molecule has 4 nitrogen and oxygen atoms in total. The molecule has 0 aromatic heterocycles. The summed E-state index contributed by atoms with van der Waals surface area (Å²) in [5.74, 6) is 1.80. The molecule has 0 saturated carbocycles. The number of amides is 1. The van der Waals surface area contributed by atoms with Gasteiger partial charge in [0.25, 0.3) is 5.91 Å². The molecule has 4 rings (SSSR count). The number of nitrogens with zero attached hydrogens (tertiary/aromatic N) is 1. The van der Waals surface area contributed by atoms with Gasteiger partial charge in [0.15, 0.2) is 0 Å². The van der Waals surface area contributed by atoms with Crippen molar-refractivity contribution in [1.82, 2.24) is 0 Å². The summed E-state index contributed by atoms with van der Waals surface area (Å²) in [4.78, 5) is 14.6. The molecule has 2 aliphatic heterocycles. The van der Waals surface area contributed by atoms with Crippen LogP contribution in [0.15, 0.2) is 36.4 Å². The number of hydrogen-bond donors (Lipinski definition) is 0. The molecule has 0 radical (unpaired) electrons. The van der Waals surface area contributed by atoms with Crippen molar-refractivity contribution < 1.29 is 14.3 Å². The van der Waals surface area contributed by atoms with Gasteiger partial charge in [-0.15, -0.1) is 0 Å². The number of hydrogen-bond acceptors (Lipinski definition) is 3. The second kappa shape index (κ2) is 5.05. The van der Waals surface area contributed by atoms with Crippen LogP contribution in [-0.2, 0) is 12.8 Å². The molecule has 0 saturated heterocycles. The molecule has 0 aliphatic carbocycles. The van der Waals surface area contributed by atoms with E-state index in [0.29, 0.717) is 6.54 Å². The first-order chi connectivity index (χ1) is 10.8. The molecule has 0 bridgehead atoms. The van der Waals surface area contributed by atoms with Crippen molar-refractivity contribution in [3.63, 3.8) is 0 Å². The molecule has 4 heteroatoms. The molecule has 1 amide bonds. The maximum Gasteiger partial charge on any atom is 0.258 e. The Hall–Kier alpha value is -2.49.